The number of benzene rings is 1. The molecular formula is C22H26N4. The van der Waals surface area contributed by atoms with E-state index in [1.807, 2.05) is 18.5 Å². The van der Waals surface area contributed by atoms with Gasteiger partial charge in [-0.25, -0.2) is 0 Å². The first kappa shape index (κ1) is 17.0. The molecule has 2 aliphatic heterocycles. The Morgan fingerprint density at radius 3 is 2.77 bits per heavy atom. The molecule has 1 aromatic heterocycles. The fraction of sp³-hybridized carbons (Fsp3) is 0.364. The smallest absolute Gasteiger partial charge is 0.0694 e. The molecule has 0 aliphatic carbocycles. The van der Waals surface area contributed by atoms with Crippen molar-refractivity contribution in [2.24, 2.45) is 4.99 Å². The Kier molecular flexibility index (Phi) is 5.41. The summed E-state index contributed by atoms with van der Waals surface area (Å²) in [5, 5.41) is 3.46. The van der Waals surface area contributed by atoms with Gasteiger partial charge in [0.2, 0.25) is 0 Å². The maximum Gasteiger partial charge on any atom is 0.0694 e. The highest BCUT2D eigenvalue weighted by atomic mass is 15.2. The SMILES string of the molecule is C(=C1CCCN=C1c1cccnc1)c1ccc(N2CCCNCC2)cc1. The topological polar surface area (TPSA) is 40.5 Å². The van der Waals surface area contributed by atoms with Crippen molar-refractivity contribution in [2.45, 2.75) is 19.3 Å². The summed E-state index contributed by atoms with van der Waals surface area (Å²) in [5.41, 5.74) is 6.10. The molecule has 0 bridgehead atoms. The van der Waals surface area contributed by atoms with Gasteiger partial charge < -0.3 is 10.2 Å². The minimum atomic E-state index is 0.906. The molecule has 2 aromatic rings. The molecule has 1 aromatic carbocycles. The molecule has 0 saturated carbocycles. The number of hydrogen-bond acceptors (Lipinski definition) is 4. The van der Waals surface area contributed by atoms with Crippen LogP contribution in [0.4, 0.5) is 5.69 Å². The summed E-state index contributed by atoms with van der Waals surface area (Å²) >= 11 is 0. The number of allylic oxidation sites excluding steroid dienone is 1. The van der Waals surface area contributed by atoms with Gasteiger partial charge >= 0.3 is 0 Å². The molecule has 4 rings (SSSR count). The van der Waals surface area contributed by atoms with Gasteiger partial charge in [-0.05, 0) is 67.3 Å². The van der Waals surface area contributed by atoms with Crippen LogP contribution < -0.4 is 10.2 Å². The molecule has 1 saturated heterocycles. The molecule has 4 heteroatoms. The van der Waals surface area contributed by atoms with E-state index in [4.69, 9.17) is 4.99 Å². The van der Waals surface area contributed by atoms with Crippen molar-refractivity contribution in [3.63, 3.8) is 0 Å². The van der Waals surface area contributed by atoms with Crippen LogP contribution in [0.1, 0.15) is 30.4 Å². The Morgan fingerprint density at radius 2 is 1.92 bits per heavy atom. The Bertz CT molecular complexity index is 770. The molecule has 26 heavy (non-hydrogen) atoms. The van der Waals surface area contributed by atoms with E-state index in [0.29, 0.717) is 0 Å². The summed E-state index contributed by atoms with van der Waals surface area (Å²) in [6.45, 7) is 5.31. The summed E-state index contributed by atoms with van der Waals surface area (Å²) in [7, 11) is 0. The van der Waals surface area contributed by atoms with Crippen molar-refractivity contribution >= 4 is 17.5 Å². The van der Waals surface area contributed by atoms with Crippen molar-refractivity contribution in [1.82, 2.24) is 10.3 Å². The first-order valence-electron chi connectivity index (χ1n) is 9.62. The first-order chi connectivity index (χ1) is 12.9. The van der Waals surface area contributed by atoms with E-state index in [1.54, 1.807) is 0 Å². The average Bonchev–Trinajstić information content (AvgIpc) is 2.99. The lowest BCUT2D eigenvalue weighted by atomic mass is 9.95. The van der Waals surface area contributed by atoms with Gasteiger partial charge in [-0.3, -0.25) is 9.98 Å². The fourth-order valence-electron chi connectivity index (χ4n) is 3.69. The Labute approximate surface area is 155 Å². The molecule has 0 spiro atoms. The van der Waals surface area contributed by atoms with Crippen LogP contribution in [-0.2, 0) is 0 Å². The molecule has 0 unspecified atom stereocenters. The molecule has 0 amide bonds. The van der Waals surface area contributed by atoms with Crippen LogP contribution in [0.25, 0.3) is 6.08 Å². The van der Waals surface area contributed by atoms with Gasteiger partial charge in [0.1, 0.15) is 0 Å². The van der Waals surface area contributed by atoms with E-state index in [9.17, 15) is 0 Å². The molecule has 2 aliphatic rings. The largest absolute Gasteiger partial charge is 0.370 e. The summed E-state index contributed by atoms with van der Waals surface area (Å²) in [5.74, 6) is 0. The summed E-state index contributed by atoms with van der Waals surface area (Å²) in [6.07, 6.45) is 9.42. The van der Waals surface area contributed by atoms with Gasteiger partial charge in [0.15, 0.2) is 0 Å². The highest BCUT2D eigenvalue weighted by molar-refractivity contribution is 6.15. The van der Waals surface area contributed by atoms with E-state index in [0.717, 1.165) is 56.8 Å². The quantitative estimate of drug-likeness (QED) is 0.924. The van der Waals surface area contributed by atoms with Gasteiger partial charge in [-0.2, -0.15) is 0 Å². The zero-order valence-electron chi connectivity index (χ0n) is 15.2. The fourth-order valence-corrected chi connectivity index (χ4v) is 3.69. The molecule has 0 atom stereocenters. The second-order valence-corrected chi connectivity index (χ2v) is 6.93. The van der Waals surface area contributed by atoms with Crippen LogP contribution in [0.2, 0.25) is 0 Å². The average molecular weight is 346 g/mol. The summed E-state index contributed by atoms with van der Waals surface area (Å²) in [4.78, 5) is 11.5. The van der Waals surface area contributed by atoms with Crippen LogP contribution in [0, 0.1) is 0 Å². The third kappa shape index (κ3) is 4.02. The van der Waals surface area contributed by atoms with E-state index in [-0.39, 0.29) is 0 Å². The zero-order valence-corrected chi connectivity index (χ0v) is 15.2. The van der Waals surface area contributed by atoms with Crippen LogP contribution in [0.15, 0.2) is 59.4 Å². The molecule has 3 heterocycles. The van der Waals surface area contributed by atoms with E-state index < -0.39 is 0 Å². The highest BCUT2D eigenvalue weighted by Crippen LogP contribution is 2.23. The normalized spacial score (nSPS) is 19.9. The molecule has 1 fully saturated rings. The van der Waals surface area contributed by atoms with Gasteiger partial charge in [0.05, 0.1) is 5.71 Å². The van der Waals surface area contributed by atoms with Gasteiger partial charge in [0.25, 0.3) is 0 Å². The minimum absolute atomic E-state index is 0.906. The predicted molar refractivity (Wildman–Crippen MR) is 109 cm³/mol. The lowest BCUT2D eigenvalue weighted by Crippen LogP contribution is -2.27. The van der Waals surface area contributed by atoms with E-state index in [2.05, 4.69) is 51.6 Å². The Hall–Kier alpha value is -2.46. The maximum atomic E-state index is 4.77. The van der Waals surface area contributed by atoms with Crippen LogP contribution >= 0.6 is 0 Å². The number of aromatic nitrogens is 1. The minimum Gasteiger partial charge on any atom is -0.370 e. The van der Waals surface area contributed by atoms with Crippen molar-refractivity contribution in [2.75, 3.05) is 37.6 Å². The predicted octanol–water partition coefficient (Wildman–Crippen LogP) is 3.55. The number of anilines is 1. The Balaban J connectivity index is 1.55. The number of nitrogens with one attached hydrogen (secondary N) is 1. The lowest BCUT2D eigenvalue weighted by molar-refractivity contribution is 0.724. The Morgan fingerprint density at radius 1 is 1.00 bits per heavy atom. The van der Waals surface area contributed by atoms with Gasteiger partial charge in [0, 0.05) is 49.8 Å². The van der Waals surface area contributed by atoms with Crippen molar-refractivity contribution in [1.29, 1.82) is 0 Å². The first-order valence-corrected chi connectivity index (χ1v) is 9.62. The molecular weight excluding hydrogens is 320 g/mol. The van der Waals surface area contributed by atoms with Crippen molar-refractivity contribution in [3.05, 3.63) is 65.5 Å². The number of rotatable bonds is 3. The number of nitrogens with zero attached hydrogens (tertiary/aromatic N) is 3. The number of aliphatic imine (C=N–C) groups is 1. The van der Waals surface area contributed by atoms with Crippen LogP contribution in [0.5, 0.6) is 0 Å². The maximum absolute atomic E-state index is 4.77. The van der Waals surface area contributed by atoms with E-state index in [1.165, 1.54) is 23.2 Å². The monoisotopic (exact) mass is 346 g/mol. The zero-order chi connectivity index (χ0) is 17.6. The van der Waals surface area contributed by atoms with E-state index >= 15 is 0 Å². The molecule has 134 valence electrons. The lowest BCUT2D eigenvalue weighted by Gasteiger charge is -2.22. The number of pyridine rings is 1. The molecule has 0 radical (unpaired) electrons. The third-order valence-corrected chi connectivity index (χ3v) is 5.05. The standard InChI is InChI=1S/C22H26N4/c1-5-20(17-24-10-1)22-19(4-2-12-25-22)16-18-6-8-21(9-7-18)26-14-3-11-23-13-15-26/h1,5-10,16-17,23H,2-4,11-15H2. The van der Waals surface area contributed by atoms with Crippen LogP contribution in [0.3, 0.4) is 0 Å². The number of hydrogen-bond donors (Lipinski definition) is 1. The third-order valence-electron chi connectivity index (χ3n) is 5.05. The summed E-state index contributed by atoms with van der Waals surface area (Å²) in [6, 6.07) is 13.0. The van der Waals surface area contributed by atoms with Gasteiger partial charge in [-0.15, -0.1) is 0 Å². The van der Waals surface area contributed by atoms with Gasteiger partial charge in [-0.1, -0.05) is 12.1 Å². The highest BCUT2D eigenvalue weighted by Gasteiger charge is 2.14. The second-order valence-electron chi connectivity index (χ2n) is 6.93. The van der Waals surface area contributed by atoms with Crippen molar-refractivity contribution in [3.8, 4) is 0 Å². The van der Waals surface area contributed by atoms with Crippen molar-refractivity contribution < 1.29 is 0 Å². The second kappa shape index (κ2) is 8.28. The molecule has 1 N–H and O–H groups in total. The summed E-state index contributed by atoms with van der Waals surface area (Å²) < 4.78 is 0. The van der Waals surface area contributed by atoms with Crippen LogP contribution in [-0.4, -0.2) is 43.4 Å². The molecule has 4 nitrogen and oxygen atoms in total.